The van der Waals surface area contributed by atoms with E-state index in [9.17, 15) is 4.79 Å². The van der Waals surface area contributed by atoms with E-state index in [-0.39, 0.29) is 17.0 Å². The number of nitrogens with zero attached hydrogens (tertiary/aromatic N) is 3. The first-order valence-electron chi connectivity index (χ1n) is 6.96. The Morgan fingerprint density at radius 1 is 1.36 bits per heavy atom. The van der Waals surface area contributed by atoms with Gasteiger partial charge in [-0.3, -0.25) is 0 Å². The van der Waals surface area contributed by atoms with Crippen molar-refractivity contribution >= 4 is 11.9 Å². The number of aromatic nitrogens is 3. The fourth-order valence-electron chi connectivity index (χ4n) is 2.08. The van der Waals surface area contributed by atoms with E-state index >= 15 is 0 Å². The molecule has 0 aliphatic carbocycles. The van der Waals surface area contributed by atoms with Crippen LogP contribution in [-0.4, -0.2) is 15.9 Å². The summed E-state index contributed by atoms with van der Waals surface area (Å²) in [5, 5.41) is 4.50. The summed E-state index contributed by atoms with van der Waals surface area (Å²) in [5.74, 6) is 0.526. The van der Waals surface area contributed by atoms with Gasteiger partial charge in [-0.1, -0.05) is 20.8 Å². The van der Waals surface area contributed by atoms with Crippen molar-refractivity contribution in [2.45, 2.75) is 32.7 Å². The summed E-state index contributed by atoms with van der Waals surface area (Å²) in [4.78, 5) is 11.1. The topological polar surface area (TPSA) is 100 Å². The van der Waals surface area contributed by atoms with E-state index in [1.807, 2.05) is 56.9 Å². The summed E-state index contributed by atoms with van der Waals surface area (Å²) in [7, 11) is 1.95. The summed E-state index contributed by atoms with van der Waals surface area (Å²) in [6, 6.07) is 3.96. The molecule has 2 rings (SSSR count). The Balaban J connectivity index is 2.42. The molecule has 0 saturated carbocycles. The van der Waals surface area contributed by atoms with Crippen molar-refractivity contribution in [3.63, 3.8) is 0 Å². The van der Waals surface area contributed by atoms with Crippen molar-refractivity contribution in [2.24, 2.45) is 12.8 Å². The molecule has 0 spiro atoms. The summed E-state index contributed by atoms with van der Waals surface area (Å²) in [6.07, 6.45) is 2.99. The molecule has 0 saturated heterocycles. The van der Waals surface area contributed by atoms with Crippen LogP contribution in [0.15, 0.2) is 24.5 Å². The molecule has 2 aromatic rings. The summed E-state index contributed by atoms with van der Waals surface area (Å²) < 4.78 is 8.63. The fraction of sp³-hybridized carbons (Fsp3) is 0.400. The second-order valence-corrected chi connectivity index (χ2v) is 6.26. The van der Waals surface area contributed by atoms with Crippen LogP contribution in [0.3, 0.4) is 0 Å². The Hall–Kier alpha value is -2.57. The van der Waals surface area contributed by atoms with Gasteiger partial charge in [0.05, 0.1) is 6.54 Å². The lowest BCUT2D eigenvalue weighted by molar-refractivity contribution is -0.671. The number of carbonyl (C=O) groups excluding carboxylic acids is 1. The molecule has 0 unspecified atom stereocenters. The molecule has 1 amide bonds. The number of amides is 1. The van der Waals surface area contributed by atoms with E-state index < -0.39 is 6.09 Å². The molecule has 22 heavy (non-hydrogen) atoms. The van der Waals surface area contributed by atoms with Gasteiger partial charge in [0.15, 0.2) is 24.0 Å². The van der Waals surface area contributed by atoms with E-state index in [4.69, 9.17) is 16.2 Å². The Morgan fingerprint density at radius 2 is 1.95 bits per heavy atom. The van der Waals surface area contributed by atoms with Gasteiger partial charge in [0.2, 0.25) is 0 Å². The first kappa shape index (κ1) is 15.8. The Morgan fingerprint density at radius 3 is 2.45 bits per heavy atom. The standard InChI is InChI=1S/C15H21N5O2/c1-15(2,3)12-11(22-14(17)21)13(16)20(18-12)9-10-5-7-19(4)8-6-10/h5-8H,9H2,1-4H3,(H3-,16,17,18,21)/p+1. The predicted octanol–water partition coefficient (Wildman–Crippen LogP) is 1.09. The van der Waals surface area contributed by atoms with Gasteiger partial charge in [-0.2, -0.15) is 5.10 Å². The summed E-state index contributed by atoms with van der Waals surface area (Å²) in [6.45, 7) is 6.39. The minimum Gasteiger partial charge on any atom is -0.404 e. The Bertz CT molecular complexity index is 683. The molecule has 0 fully saturated rings. The number of nitrogen functional groups attached to an aromatic ring is 1. The number of ether oxygens (including phenoxy) is 1. The highest BCUT2D eigenvalue weighted by Gasteiger charge is 2.28. The number of carbonyl (C=O) groups is 1. The van der Waals surface area contributed by atoms with Gasteiger partial charge in [0, 0.05) is 17.5 Å². The predicted molar refractivity (Wildman–Crippen MR) is 82.3 cm³/mol. The van der Waals surface area contributed by atoms with Crippen molar-refractivity contribution in [3.05, 3.63) is 35.8 Å². The van der Waals surface area contributed by atoms with E-state index in [2.05, 4.69) is 5.10 Å². The Labute approximate surface area is 129 Å². The van der Waals surface area contributed by atoms with E-state index in [0.29, 0.717) is 12.2 Å². The van der Waals surface area contributed by atoms with Crippen LogP contribution < -0.4 is 20.8 Å². The molecule has 2 aromatic heterocycles. The minimum absolute atomic E-state index is 0.237. The molecule has 7 heteroatoms. The highest BCUT2D eigenvalue weighted by atomic mass is 16.5. The first-order chi connectivity index (χ1) is 10.2. The molecule has 0 radical (unpaired) electrons. The third kappa shape index (κ3) is 3.36. The summed E-state index contributed by atoms with van der Waals surface area (Å²) in [5.41, 5.74) is 12.5. The highest BCUT2D eigenvalue weighted by molar-refractivity contribution is 5.71. The number of primary amides is 1. The third-order valence-corrected chi connectivity index (χ3v) is 3.24. The van der Waals surface area contributed by atoms with Crippen LogP contribution in [0.4, 0.5) is 10.6 Å². The van der Waals surface area contributed by atoms with Crippen molar-refractivity contribution in [3.8, 4) is 5.75 Å². The van der Waals surface area contributed by atoms with E-state index in [1.165, 1.54) is 0 Å². The van der Waals surface area contributed by atoms with Gasteiger partial charge in [-0.15, -0.1) is 0 Å². The third-order valence-electron chi connectivity index (χ3n) is 3.24. The van der Waals surface area contributed by atoms with Gasteiger partial charge in [0.1, 0.15) is 12.7 Å². The number of nitrogens with two attached hydrogens (primary N) is 2. The van der Waals surface area contributed by atoms with Gasteiger partial charge < -0.3 is 16.2 Å². The number of aryl methyl sites for hydroxylation is 1. The van der Waals surface area contributed by atoms with Gasteiger partial charge in [-0.05, 0) is 5.56 Å². The van der Waals surface area contributed by atoms with Crippen molar-refractivity contribution < 1.29 is 14.1 Å². The average Bonchev–Trinajstić information content (AvgIpc) is 2.70. The SMILES string of the molecule is C[n+]1ccc(Cn2nc(C(C)(C)C)c(OC(N)=O)c2N)cc1. The van der Waals surface area contributed by atoms with E-state index in [0.717, 1.165) is 5.56 Å². The van der Waals surface area contributed by atoms with Gasteiger partial charge in [-0.25, -0.2) is 14.0 Å². The zero-order chi connectivity index (χ0) is 16.5. The molecule has 2 heterocycles. The molecule has 0 aliphatic rings. The first-order valence-corrected chi connectivity index (χ1v) is 6.96. The van der Waals surface area contributed by atoms with Crippen LogP contribution in [0, 0.1) is 0 Å². The monoisotopic (exact) mass is 304 g/mol. The maximum Gasteiger partial charge on any atom is 0.410 e. The molecule has 118 valence electrons. The normalized spacial score (nSPS) is 11.5. The minimum atomic E-state index is -0.900. The number of hydrogen-bond donors (Lipinski definition) is 2. The quantitative estimate of drug-likeness (QED) is 0.829. The lowest BCUT2D eigenvalue weighted by Gasteiger charge is -2.16. The van der Waals surface area contributed by atoms with Crippen LogP contribution >= 0.6 is 0 Å². The van der Waals surface area contributed by atoms with Crippen molar-refractivity contribution in [1.82, 2.24) is 9.78 Å². The molecular formula is C15H22N5O2+. The second kappa shape index (κ2) is 5.67. The average molecular weight is 304 g/mol. The van der Waals surface area contributed by atoms with Crippen LogP contribution in [-0.2, 0) is 19.0 Å². The Kier molecular flexibility index (Phi) is 4.07. The van der Waals surface area contributed by atoms with Crippen LogP contribution in [0.5, 0.6) is 5.75 Å². The van der Waals surface area contributed by atoms with Crippen LogP contribution in [0.1, 0.15) is 32.0 Å². The largest absolute Gasteiger partial charge is 0.410 e. The fourth-order valence-corrected chi connectivity index (χ4v) is 2.08. The molecule has 0 aromatic carbocycles. The highest BCUT2D eigenvalue weighted by Crippen LogP contribution is 2.35. The summed E-state index contributed by atoms with van der Waals surface area (Å²) >= 11 is 0. The maximum atomic E-state index is 11.1. The number of anilines is 1. The van der Waals surface area contributed by atoms with Crippen molar-refractivity contribution in [2.75, 3.05) is 5.73 Å². The van der Waals surface area contributed by atoms with E-state index in [1.54, 1.807) is 4.68 Å². The molecular weight excluding hydrogens is 282 g/mol. The zero-order valence-corrected chi connectivity index (χ0v) is 13.3. The number of hydrogen-bond acceptors (Lipinski definition) is 4. The lowest BCUT2D eigenvalue weighted by atomic mass is 9.92. The zero-order valence-electron chi connectivity index (χ0n) is 13.3. The molecule has 0 atom stereocenters. The van der Waals surface area contributed by atoms with Crippen molar-refractivity contribution in [1.29, 1.82) is 0 Å². The molecule has 0 aliphatic heterocycles. The molecule has 0 bridgehead atoms. The number of rotatable bonds is 3. The van der Waals surface area contributed by atoms with Crippen LogP contribution in [0.25, 0.3) is 0 Å². The van der Waals surface area contributed by atoms with Gasteiger partial charge in [0.25, 0.3) is 0 Å². The maximum absolute atomic E-state index is 11.1. The van der Waals surface area contributed by atoms with Gasteiger partial charge >= 0.3 is 6.09 Å². The molecule has 7 nitrogen and oxygen atoms in total. The van der Waals surface area contributed by atoms with Crippen LogP contribution in [0.2, 0.25) is 0 Å². The second-order valence-electron chi connectivity index (χ2n) is 6.26. The number of pyridine rings is 1. The smallest absolute Gasteiger partial charge is 0.404 e. The lowest BCUT2D eigenvalue weighted by Crippen LogP contribution is -2.26. The molecule has 4 N–H and O–H groups in total.